The van der Waals surface area contributed by atoms with Gasteiger partial charge in [0.15, 0.2) is 0 Å². The fourth-order valence-electron chi connectivity index (χ4n) is 2.77. The summed E-state index contributed by atoms with van der Waals surface area (Å²) in [5, 5.41) is 2.39. The van der Waals surface area contributed by atoms with Gasteiger partial charge in [0.25, 0.3) is 0 Å². The van der Waals surface area contributed by atoms with Gasteiger partial charge in [-0.2, -0.15) is 0 Å². The largest absolute Gasteiger partial charge is 0.469 e. The molecule has 0 aliphatic heterocycles. The fraction of sp³-hybridized carbons (Fsp3) is 0.235. The van der Waals surface area contributed by atoms with Crippen LogP contribution in [0.4, 0.5) is 0 Å². The number of aromatic nitrogens is 1. The van der Waals surface area contributed by atoms with Crippen molar-refractivity contribution in [1.82, 2.24) is 4.57 Å². The van der Waals surface area contributed by atoms with Crippen molar-refractivity contribution in [3.05, 3.63) is 48.0 Å². The monoisotopic (exact) mass is 267 g/mol. The maximum absolute atomic E-state index is 11.7. The second-order valence-corrected chi connectivity index (χ2v) is 5.10. The minimum absolute atomic E-state index is 0.204. The van der Waals surface area contributed by atoms with Crippen molar-refractivity contribution in [3.63, 3.8) is 0 Å². The van der Waals surface area contributed by atoms with E-state index < -0.39 is 0 Å². The molecule has 0 radical (unpaired) electrons. The van der Waals surface area contributed by atoms with E-state index in [-0.39, 0.29) is 11.9 Å². The van der Waals surface area contributed by atoms with Crippen LogP contribution in [0.25, 0.3) is 21.8 Å². The number of para-hydroxylation sites is 1. The van der Waals surface area contributed by atoms with E-state index in [4.69, 9.17) is 4.74 Å². The second kappa shape index (κ2) is 4.67. The minimum atomic E-state index is -0.247. The molecular weight excluding hydrogens is 250 g/mol. The van der Waals surface area contributed by atoms with Crippen LogP contribution in [0, 0.1) is 0 Å². The van der Waals surface area contributed by atoms with Crippen LogP contribution in [0.2, 0.25) is 0 Å². The molecule has 102 valence electrons. The zero-order valence-corrected chi connectivity index (χ0v) is 11.9. The summed E-state index contributed by atoms with van der Waals surface area (Å²) >= 11 is 0. The Bertz CT molecular complexity index is 801. The van der Waals surface area contributed by atoms with Crippen LogP contribution in [-0.2, 0) is 16.6 Å². The highest BCUT2D eigenvalue weighted by molar-refractivity contribution is 6.08. The first-order chi connectivity index (χ1) is 9.63. The number of methoxy groups -OCH3 is 1. The summed E-state index contributed by atoms with van der Waals surface area (Å²) in [7, 11) is 3.49. The number of aryl methyl sites for hydroxylation is 1. The Morgan fingerprint density at radius 1 is 1.10 bits per heavy atom. The number of hydrogen-bond acceptors (Lipinski definition) is 2. The lowest BCUT2D eigenvalue weighted by atomic mass is 9.99. The van der Waals surface area contributed by atoms with Crippen molar-refractivity contribution in [2.75, 3.05) is 7.11 Å². The van der Waals surface area contributed by atoms with Crippen LogP contribution in [0.5, 0.6) is 0 Å². The third kappa shape index (κ3) is 1.78. The highest BCUT2D eigenvalue weighted by Crippen LogP contribution is 2.30. The fourth-order valence-corrected chi connectivity index (χ4v) is 2.77. The number of hydrogen-bond donors (Lipinski definition) is 0. The molecule has 0 aliphatic carbocycles. The topological polar surface area (TPSA) is 31.2 Å². The molecule has 3 heteroatoms. The predicted molar refractivity (Wildman–Crippen MR) is 80.9 cm³/mol. The molecule has 20 heavy (non-hydrogen) atoms. The summed E-state index contributed by atoms with van der Waals surface area (Å²) in [6, 6.07) is 14.5. The van der Waals surface area contributed by atoms with E-state index in [0.29, 0.717) is 0 Å². The van der Waals surface area contributed by atoms with Gasteiger partial charge in [-0.3, -0.25) is 4.79 Å². The van der Waals surface area contributed by atoms with Crippen LogP contribution < -0.4 is 0 Å². The van der Waals surface area contributed by atoms with Gasteiger partial charge in [0, 0.05) is 28.9 Å². The molecular formula is C17H17NO2. The van der Waals surface area contributed by atoms with Crippen molar-refractivity contribution in [2.24, 2.45) is 7.05 Å². The van der Waals surface area contributed by atoms with Gasteiger partial charge >= 0.3 is 5.97 Å². The molecule has 1 unspecified atom stereocenters. The molecule has 0 spiro atoms. The Labute approximate surface area is 117 Å². The van der Waals surface area contributed by atoms with E-state index in [1.165, 1.54) is 28.9 Å². The first-order valence-corrected chi connectivity index (χ1v) is 6.68. The van der Waals surface area contributed by atoms with Crippen molar-refractivity contribution >= 4 is 27.8 Å². The minimum Gasteiger partial charge on any atom is -0.469 e. The van der Waals surface area contributed by atoms with Gasteiger partial charge < -0.3 is 9.30 Å². The first kappa shape index (κ1) is 12.7. The standard InChI is InChI=1S/C17H17NO2/c1-11(17(19)20-3)12-8-9-16-14(10-12)13-6-4-5-7-15(13)18(16)2/h4-11H,1-3H3. The zero-order valence-electron chi connectivity index (χ0n) is 11.9. The number of carbonyl (C=O) groups is 1. The molecule has 1 heterocycles. The molecule has 3 nitrogen and oxygen atoms in total. The molecule has 3 rings (SSSR count). The summed E-state index contributed by atoms with van der Waals surface area (Å²) in [6.07, 6.45) is 0. The number of fused-ring (bicyclic) bond motifs is 3. The molecule has 0 saturated heterocycles. The normalized spacial score (nSPS) is 12.8. The van der Waals surface area contributed by atoms with Crippen molar-refractivity contribution in [1.29, 1.82) is 0 Å². The Hall–Kier alpha value is -2.29. The van der Waals surface area contributed by atoms with Crippen LogP contribution >= 0.6 is 0 Å². The van der Waals surface area contributed by atoms with Gasteiger partial charge in [0.1, 0.15) is 0 Å². The maximum atomic E-state index is 11.7. The Morgan fingerprint density at radius 3 is 2.55 bits per heavy atom. The summed E-state index contributed by atoms with van der Waals surface area (Å²) < 4.78 is 7.00. The average Bonchev–Trinajstić information content (AvgIpc) is 2.79. The molecule has 0 aliphatic rings. The Morgan fingerprint density at radius 2 is 1.80 bits per heavy atom. The van der Waals surface area contributed by atoms with Crippen LogP contribution in [0.15, 0.2) is 42.5 Å². The van der Waals surface area contributed by atoms with Crippen molar-refractivity contribution in [3.8, 4) is 0 Å². The zero-order chi connectivity index (χ0) is 14.3. The van der Waals surface area contributed by atoms with Crippen LogP contribution in [0.1, 0.15) is 18.4 Å². The smallest absolute Gasteiger partial charge is 0.312 e. The van der Waals surface area contributed by atoms with Crippen molar-refractivity contribution in [2.45, 2.75) is 12.8 Å². The van der Waals surface area contributed by atoms with Gasteiger partial charge in [0.05, 0.1) is 13.0 Å². The highest BCUT2D eigenvalue weighted by Gasteiger charge is 2.17. The average molecular weight is 267 g/mol. The number of rotatable bonds is 2. The van der Waals surface area contributed by atoms with Crippen molar-refractivity contribution < 1.29 is 9.53 Å². The molecule has 0 N–H and O–H groups in total. The van der Waals surface area contributed by atoms with Gasteiger partial charge in [-0.15, -0.1) is 0 Å². The number of benzene rings is 2. The van der Waals surface area contributed by atoms with E-state index in [0.717, 1.165) is 5.56 Å². The van der Waals surface area contributed by atoms with E-state index in [9.17, 15) is 4.79 Å². The van der Waals surface area contributed by atoms with E-state index in [1.54, 1.807) is 0 Å². The van der Waals surface area contributed by atoms with E-state index in [2.05, 4.69) is 35.9 Å². The quantitative estimate of drug-likeness (QED) is 0.664. The first-order valence-electron chi connectivity index (χ1n) is 6.68. The summed E-state index contributed by atoms with van der Waals surface area (Å²) in [5.41, 5.74) is 3.36. The summed E-state index contributed by atoms with van der Waals surface area (Å²) in [4.78, 5) is 11.7. The summed E-state index contributed by atoms with van der Waals surface area (Å²) in [6.45, 7) is 1.87. The van der Waals surface area contributed by atoms with Gasteiger partial charge in [0.2, 0.25) is 0 Å². The third-order valence-electron chi connectivity index (χ3n) is 3.99. The molecule has 0 saturated carbocycles. The molecule has 1 aromatic heterocycles. The second-order valence-electron chi connectivity index (χ2n) is 5.10. The van der Waals surface area contributed by atoms with Gasteiger partial charge in [-0.1, -0.05) is 24.3 Å². The molecule has 0 bridgehead atoms. The van der Waals surface area contributed by atoms with E-state index >= 15 is 0 Å². The predicted octanol–water partition coefficient (Wildman–Crippen LogP) is 3.61. The molecule has 3 aromatic rings. The van der Waals surface area contributed by atoms with Crippen LogP contribution in [0.3, 0.4) is 0 Å². The SMILES string of the molecule is COC(=O)C(C)c1ccc2c(c1)c1ccccc1n2C. The van der Waals surface area contributed by atoms with Crippen LogP contribution in [-0.4, -0.2) is 17.6 Å². The van der Waals surface area contributed by atoms with Gasteiger partial charge in [-0.05, 0) is 30.7 Å². The molecule has 2 aromatic carbocycles. The summed E-state index contributed by atoms with van der Waals surface area (Å²) in [5.74, 6) is -0.451. The number of esters is 1. The lowest BCUT2D eigenvalue weighted by molar-refractivity contribution is -0.141. The lowest BCUT2D eigenvalue weighted by Crippen LogP contribution is -2.10. The Balaban J connectivity index is 2.25. The molecule has 0 fully saturated rings. The molecule has 0 amide bonds. The highest BCUT2D eigenvalue weighted by atomic mass is 16.5. The maximum Gasteiger partial charge on any atom is 0.312 e. The number of carbonyl (C=O) groups excluding carboxylic acids is 1. The van der Waals surface area contributed by atoms with E-state index in [1.807, 2.05) is 25.1 Å². The third-order valence-corrected chi connectivity index (χ3v) is 3.99. The Kier molecular flexibility index (Phi) is 2.97. The number of nitrogens with zero attached hydrogens (tertiary/aromatic N) is 1. The van der Waals surface area contributed by atoms with Gasteiger partial charge in [-0.25, -0.2) is 0 Å². The molecule has 1 atom stereocenters. The number of ether oxygens (including phenoxy) is 1. The lowest BCUT2D eigenvalue weighted by Gasteiger charge is -2.09.